The van der Waals surface area contributed by atoms with E-state index in [1.165, 1.54) is 0 Å². The second kappa shape index (κ2) is 3.82. The quantitative estimate of drug-likeness (QED) is 0.573. The Hall–Kier alpha value is -0.500. The van der Waals surface area contributed by atoms with E-state index in [-0.39, 0.29) is 5.60 Å². The molecular formula is C12H12Cl2O. The molecule has 0 saturated carbocycles. The molecule has 1 aliphatic rings. The Bertz CT molecular complexity index is 408. The van der Waals surface area contributed by atoms with Crippen LogP contribution in [0.5, 0.6) is 0 Å². The summed E-state index contributed by atoms with van der Waals surface area (Å²) in [5.74, 6) is 0. The van der Waals surface area contributed by atoms with Crippen molar-refractivity contribution in [2.75, 3.05) is 6.61 Å². The summed E-state index contributed by atoms with van der Waals surface area (Å²) in [5.41, 5.74) is 1.86. The molecule has 80 valence electrons. The summed E-state index contributed by atoms with van der Waals surface area (Å²) in [6.07, 6.45) is 0.814. The summed E-state index contributed by atoms with van der Waals surface area (Å²) in [5, 5.41) is 1.32. The van der Waals surface area contributed by atoms with Crippen LogP contribution in [0, 0.1) is 0 Å². The predicted molar refractivity (Wildman–Crippen MR) is 63.5 cm³/mol. The second-order valence-electron chi connectivity index (χ2n) is 4.04. The Labute approximate surface area is 99.6 Å². The molecule has 0 N–H and O–H groups in total. The SMILES string of the molecule is C=C(C)CC1(c2ccc(Cl)cc2Cl)CO1. The average molecular weight is 243 g/mol. The van der Waals surface area contributed by atoms with Crippen molar-refractivity contribution in [2.24, 2.45) is 0 Å². The predicted octanol–water partition coefficient (Wildman–Crippen LogP) is 4.19. The molecule has 1 atom stereocenters. The molecule has 3 heteroatoms. The van der Waals surface area contributed by atoms with Gasteiger partial charge in [-0.1, -0.05) is 34.8 Å². The molecule has 1 aromatic rings. The van der Waals surface area contributed by atoms with Crippen molar-refractivity contribution < 1.29 is 4.74 Å². The molecule has 1 nitrogen and oxygen atoms in total. The Kier molecular flexibility index (Phi) is 2.80. The lowest BCUT2D eigenvalue weighted by Gasteiger charge is -2.14. The zero-order valence-corrected chi connectivity index (χ0v) is 10.0. The van der Waals surface area contributed by atoms with Gasteiger partial charge in [-0.05, 0) is 19.1 Å². The van der Waals surface area contributed by atoms with E-state index >= 15 is 0 Å². The maximum Gasteiger partial charge on any atom is 0.122 e. The number of hydrogen-bond donors (Lipinski definition) is 0. The first-order valence-electron chi connectivity index (χ1n) is 4.77. The van der Waals surface area contributed by atoms with Crippen molar-refractivity contribution in [1.29, 1.82) is 0 Å². The molecule has 0 bridgehead atoms. The van der Waals surface area contributed by atoms with Crippen LogP contribution in [0.1, 0.15) is 18.9 Å². The number of rotatable bonds is 3. The third kappa shape index (κ3) is 2.20. The summed E-state index contributed by atoms with van der Waals surface area (Å²) in [4.78, 5) is 0. The van der Waals surface area contributed by atoms with Crippen LogP contribution < -0.4 is 0 Å². The summed E-state index contributed by atoms with van der Waals surface area (Å²) >= 11 is 12.0. The first-order chi connectivity index (χ1) is 7.03. The highest BCUT2D eigenvalue weighted by atomic mass is 35.5. The topological polar surface area (TPSA) is 12.5 Å². The number of benzene rings is 1. The number of ether oxygens (including phenoxy) is 1. The van der Waals surface area contributed by atoms with E-state index in [2.05, 4.69) is 6.58 Å². The molecule has 1 saturated heterocycles. The molecule has 0 aromatic heterocycles. The molecule has 1 aliphatic heterocycles. The van der Waals surface area contributed by atoms with Crippen molar-refractivity contribution in [3.63, 3.8) is 0 Å². The van der Waals surface area contributed by atoms with Gasteiger partial charge in [0.2, 0.25) is 0 Å². The Balaban J connectivity index is 2.33. The van der Waals surface area contributed by atoms with E-state index < -0.39 is 0 Å². The van der Waals surface area contributed by atoms with Crippen LogP contribution in [0.4, 0.5) is 0 Å². The smallest absolute Gasteiger partial charge is 0.122 e. The van der Waals surface area contributed by atoms with Crippen molar-refractivity contribution in [3.8, 4) is 0 Å². The van der Waals surface area contributed by atoms with Gasteiger partial charge in [-0.25, -0.2) is 0 Å². The average Bonchev–Trinajstić information content (AvgIpc) is 2.83. The fraction of sp³-hybridized carbons (Fsp3) is 0.333. The highest BCUT2D eigenvalue weighted by Crippen LogP contribution is 2.46. The minimum Gasteiger partial charge on any atom is -0.364 e. The second-order valence-corrected chi connectivity index (χ2v) is 4.88. The molecule has 1 heterocycles. The van der Waals surface area contributed by atoms with Gasteiger partial charge < -0.3 is 4.74 Å². The third-order valence-corrected chi connectivity index (χ3v) is 3.05. The Morgan fingerprint density at radius 1 is 1.53 bits per heavy atom. The summed E-state index contributed by atoms with van der Waals surface area (Å²) in [7, 11) is 0. The van der Waals surface area contributed by atoms with Crippen LogP contribution in [0.2, 0.25) is 10.0 Å². The van der Waals surface area contributed by atoms with E-state index in [1.54, 1.807) is 6.07 Å². The summed E-state index contributed by atoms with van der Waals surface area (Å²) in [6.45, 7) is 6.61. The number of epoxide rings is 1. The van der Waals surface area contributed by atoms with E-state index in [9.17, 15) is 0 Å². The lowest BCUT2D eigenvalue weighted by molar-refractivity contribution is 0.306. The molecule has 1 aromatic carbocycles. The van der Waals surface area contributed by atoms with Crippen LogP contribution in [0.15, 0.2) is 30.4 Å². The Morgan fingerprint density at radius 3 is 2.67 bits per heavy atom. The van der Waals surface area contributed by atoms with Gasteiger partial charge in [0.1, 0.15) is 5.60 Å². The van der Waals surface area contributed by atoms with Crippen LogP contribution in [-0.2, 0) is 10.3 Å². The van der Waals surface area contributed by atoms with Crippen molar-refractivity contribution in [2.45, 2.75) is 18.9 Å². The Morgan fingerprint density at radius 2 is 2.20 bits per heavy atom. The fourth-order valence-electron chi connectivity index (χ4n) is 1.79. The van der Waals surface area contributed by atoms with Crippen LogP contribution in [0.3, 0.4) is 0 Å². The van der Waals surface area contributed by atoms with Gasteiger partial charge in [0, 0.05) is 22.0 Å². The van der Waals surface area contributed by atoms with Crippen LogP contribution in [0.25, 0.3) is 0 Å². The van der Waals surface area contributed by atoms with E-state index in [1.807, 2.05) is 19.1 Å². The minimum atomic E-state index is -0.243. The van der Waals surface area contributed by atoms with Gasteiger partial charge in [0.15, 0.2) is 0 Å². The van der Waals surface area contributed by atoms with Crippen LogP contribution in [-0.4, -0.2) is 6.61 Å². The first kappa shape index (κ1) is 11.0. The monoisotopic (exact) mass is 242 g/mol. The fourth-order valence-corrected chi connectivity index (χ4v) is 2.37. The molecule has 1 fully saturated rings. The first-order valence-corrected chi connectivity index (χ1v) is 5.53. The molecule has 0 amide bonds. The van der Waals surface area contributed by atoms with Gasteiger partial charge in [-0.3, -0.25) is 0 Å². The summed E-state index contributed by atoms with van der Waals surface area (Å²) < 4.78 is 5.53. The van der Waals surface area contributed by atoms with Gasteiger partial charge >= 0.3 is 0 Å². The van der Waals surface area contributed by atoms with Crippen molar-refractivity contribution in [3.05, 3.63) is 46.0 Å². The van der Waals surface area contributed by atoms with E-state index in [0.717, 1.165) is 17.6 Å². The highest BCUT2D eigenvalue weighted by Gasteiger charge is 2.47. The zero-order valence-electron chi connectivity index (χ0n) is 8.52. The molecule has 15 heavy (non-hydrogen) atoms. The van der Waals surface area contributed by atoms with Crippen molar-refractivity contribution >= 4 is 23.2 Å². The number of hydrogen-bond acceptors (Lipinski definition) is 1. The van der Waals surface area contributed by atoms with Gasteiger partial charge in [0.05, 0.1) is 6.61 Å². The van der Waals surface area contributed by atoms with Gasteiger partial charge in [0.25, 0.3) is 0 Å². The lowest BCUT2D eigenvalue weighted by atomic mass is 9.93. The molecular weight excluding hydrogens is 231 g/mol. The molecule has 1 unspecified atom stereocenters. The lowest BCUT2D eigenvalue weighted by Crippen LogP contribution is -2.09. The molecule has 2 rings (SSSR count). The molecule has 0 aliphatic carbocycles. The molecule has 0 spiro atoms. The standard InChI is InChI=1S/C12H12Cl2O/c1-8(2)6-12(7-15-12)10-4-3-9(13)5-11(10)14/h3-5H,1,6-7H2,2H3. The van der Waals surface area contributed by atoms with Gasteiger partial charge in [-0.15, -0.1) is 6.58 Å². The zero-order chi connectivity index (χ0) is 11.1. The third-order valence-electron chi connectivity index (χ3n) is 2.50. The van der Waals surface area contributed by atoms with E-state index in [4.69, 9.17) is 27.9 Å². The minimum absolute atomic E-state index is 0.243. The molecule has 0 radical (unpaired) electrons. The maximum atomic E-state index is 6.14. The highest BCUT2D eigenvalue weighted by molar-refractivity contribution is 6.35. The number of halogens is 2. The maximum absolute atomic E-state index is 6.14. The van der Waals surface area contributed by atoms with E-state index in [0.29, 0.717) is 16.7 Å². The van der Waals surface area contributed by atoms with Gasteiger partial charge in [-0.2, -0.15) is 0 Å². The summed E-state index contributed by atoms with van der Waals surface area (Å²) in [6, 6.07) is 5.52. The van der Waals surface area contributed by atoms with Crippen LogP contribution >= 0.6 is 23.2 Å². The largest absolute Gasteiger partial charge is 0.364 e. The van der Waals surface area contributed by atoms with Crippen molar-refractivity contribution in [1.82, 2.24) is 0 Å². The normalized spacial score (nSPS) is 23.9.